The van der Waals surface area contributed by atoms with E-state index in [2.05, 4.69) is 9.97 Å². The van der Waals surface area contributed by atoms with Crippen molar-refractivity contribution in [1.29, 1.82) is 0 Å². The first-order valence-electron chi connectivity index (χ1n) is 8.02. The van der Waals surface area contributed by atoms with Crippen LogP contribution in [0.1, 0.15) is 13.8 Å². The zero-order valence-corrected chi connectivity index (χ0v) is 15.2. The molecule has 0 aromatic carbocycles. The van der Waals surface area contributed by atoms with Crippen LogP contribution in [0, 0.1) is 5.92 Å². The molecule has 8 nitrogen and oxygen atoms in total. The number of hydrogen-bond donors (Lipinski definition) is 0. The molecule has 1 amide bonds. The van der Waals surface area contributed by atoms with Gasteiger partial charge < -0.3 is 9.80 Å². The van der Waals surface area contributed by atoms with Crippen LogP contribution in [-0.2, 0) is 14.8 Å². The summed E-state index contributed by atoms with van der Waals surface area (Å²) in [5.41, 5.74) is 0. The number of anilines is 1. The molecule has 0 radical (unpaired) electrons. The van der Waals surface area contributed by atoms with Gasteiger partial charge in [-0.3, -0.25) is 4.79 Å². The SMILES string of the molecule is CC(C)CN(CC(=O)N1CCN(c2ncccn2)CC1)S(C)(=O)=O. The highest BCUT2D eigenvalue weighted by atomic mass is 32.2. The van der Waals surface area contributed by atoms with Crippen LogP contribution in [0.2, 0.25) is 0 Å². The number of rotatable bonds is 6. The van der Waals surface area contributed by atoms with Crippen LogP contribution in [0.3, 0.4) is 0 Å². The van der Waals surface area contributed by atoms with E-state index in [1.807, 2.05) is 18.7 Å². The van der Waals surface area contributed by atoms with E-state index in [9.17, 15) is 13.2 Å². The lowest BCUT2D eigenvalue weighted by Crippen LogP contribution is -2.52. The minimum Gasteiger partial charge on any atom is -0.338 e. The van der Waals surface area contributed by atoms with Crippen molar-refractivity contribution in [2.75, 3.05) is 50.4 Å². The second-order valence-electron chi connectivity index (χ2n) is 6.37. The number of amides is 1. The van der Waals surface area contributed by atoms with Gasteiger partial charge in [-0.25, -0.2) is 18.4 Å². The van der Waals surface area contributed by atoms with Crippen LogP contribution >= 0.6 is 0 Å². The summed E-state index contributed by atoms with van der Waals surface area (Å²) in [4.78, 5) is 24.6. The standard InChI is InChI=1S/C15H25N5O3S/c1-13(2)11-20(24(3,22)23)12-14(21)18-7-9-19(10-8-18)15-16-5-4-6-17-15/h4-6,13H,7-12H2,1-3H3. The summed E-state index contributed by atoms with van der Waals surface area (Å²) in [5, 5.41) is 0. The lowest BCUT2D eigenvalue weighted by Gasteiger charge is -2.35. The zero-order chi connectivity index (χ0) is 17.7. The topological polar surface area (TPSA) is 86.7 Å². The lowest BCUT2D eigenvalue weighted by molar-refractivity contribution is -0.131. The lowest BCUT2D eigenvalue weighted by atomic mass is 10.2. The Bertz CT molecular complexity index is 642. The predicted molar refractivity (Wildman–Crippen MR) is 92.1 cm³/mol. The zero-order valence-electron chi connectivity index (χ0n) is 14.4. The van der Waals surface area contributed by atoms with Crippen LogP contribution in [0.15, 0.2) is 18.5 Å². The third kappa shape index (κ3) is 5.13. The van der Waals surface area contributed by atoms with Gasteiger partial charge in [0, 0.05) is 45.1 Å². The molecule has 0 atom stereocenters. The van der Waals surface area contributed by atoms with Crippen LogP contribution < -0.4 is 4.90 Å². The van der Waals surface area contributed by atoms with Gasteiger partial charge in [0.15, 0.2) is 0 Å². The number of hydrogen-bond acceptors (Lipinski definition) is 6. The fraction of sp³-hybridized carbons (Fsp3) is 0.667. The molecule has 1 aliphatic heterocycles. The molecular weight excluding hydrogens is 330 g/mol. The van der Waals surface area contributed by atoms with E-state index in [0.717, 1.165) is 6.26 Å². The fourth-order valence-electron chi connectivity index (χ4n) is 2.59. The third-order valence-electron chi connectivity index (χ3n) is 3.82. The molecule has 24 heavy (non-hydrogen) atoms. The van der Waals surface area contributed by atoms with Crippen molar-refractivity contribution < 1.29 is 13.2 Å². The van der Waals surface area contributed by atoms with E-state index < -0.39 is 10.0 Å². The Morgan fingerprint density at radius 3 is 2.29 bits per heavy atom. The molecule has 0 spiro atoms. The Morgan fingerprint density at radius 1 is 1.21 bits per heavy atom. The second-order valence-corrected chi connectivity index (χ2v) is 8.35. The minimum atomic E-state index is -3.39. The van der Waals surface area contributed by atoms with Crippen LogP contribution in [-0.4, -0.2) is 79.0 Å². The van der Waals surface area contributed by atoms with Crippen LogP contribution in [0.5, 0.6) is 0 Å². The number of piperazine rings is 1. The van der Waals surface area contributed by atoms with Crippen molar-refractivity contribution in [3.8, 4) is 0 Å². The maximum Gasteiger partial charge on any atom is 0.238 e. The highest BCUT2D eigenvalue weighted by Gasteiger charge is 2.27. The van der Waals surface area contributed by atoms with E-state index in [0.29, 0.717) is 38.7 Å². The summed E-state index contributed by atoms with van der Waals surface area (Å²) in [6.45, 7) is 6.47. The van der Waals surface area contributed by atoms with E-state index in [1.165, 1.54) is 4.31 Å². The van der Waals surface area contributed by atoms with E-state index in [1.54, 1.807) is 23.4 Å². The van der Waals surface area contributed by atoms with E-state index >= 15 is 0 Å². The first kappa shape index (κ1) is 18.6. The van der Waals surface area contributed by atoms with Crippen LogP contribution in [0.4, 0.5) is 5.95 Å². The summed E-state index contributed by atoms with van der Waals surface area (Å²) in [7, 11) is -3.39. The van der Waals surface area contributed by atoms with Crippen molar-refractivity contribution in [3.05, 3.63) is 18.5 Å². The molecule has 0 saturated carbocycles. The van der Waals surface area contributed by atoms with Crippen molar-refractivity contribution >= 4 is 21.9 Å². The van der Waals surface area contributed by atoms with Gasteiger partial charge in [-0.2, -0.15) is 4.31 Å². The first-order valence-corrected chi connectivity index (χ1v) is 9.87. The molecule has 2 rings (SSSR count). The summed E-state index contributed by atoms with van der Waals surface area (Å²) < 4.78 is 25.0. The van der Waals surface area contributed by atoms with Crippen molar-refractivity contribution in [1.82, 2.24) is 19.2 Å². The van der Waals surface area contributed by atoms with Crippen molar-refractivity contribution in [2.45, 2.75) is 13.8 Å². The normalized spacial score (nSPS) is 16.0. The number of nitrogens with zero attached hydrogens (tertiary/aromatic N) is 5. The molecule has 1 fully saturated rings. The third-order valence-corrected chi connectivity index (χ3v) is 5.03. The molecule has 1 aliphatic rings. The average Bonchev–Trinajstić information content (AvgIpc) is 2.54. The van der Waals surface area contributed by atoms with Gasteiger partial charge in [-0.05, 0) is 12.0 Å². The molecule has 1 saturated heterocycles. The Balaban J connectivity index is 1.92. The molecule has 2 heterocycles. The second kappa shape index (κ2) is 7.89. The van der Waals surface area contributed by atoms with Gasteiger partial charge in [0.1, 0.15) is 0 Å². The number of carbonyl (C=O) groups is 1. The van der Waals surface area contributed by atoms with E-state index in [-0.39, 0.29) is 18.4 Å². The Labute approximate surface area is 143 Å². The highest BCUT2D eigenvalue weighted by Crippen LogP contribution is 2.11. The van der Waals surface area contributed by atoms with Gasteiger partial charge in [-0.1, -0.05) is 13.8 Å². The van der Waals surface area contributed by atoms with Gasteiger partial charge >= 0.3 is 0 Å². The molecule has 1 aromatic heterocycles. The molecular formula is C15H25N5O3S. The molecule has 1 aromatic rings. The van der Waals surface area contributed by atoms with Crippen molar-refractivity contribution in [3.63, 3.8) is 0 Å². The van der Waals surface area contributed by atoms with Gasteiger partial charge in [0.2, 0.25) is 21.9 Å². The molecule has 134 valence electrons. The summed E-state index contributed by atoms with van der Waals surface area (Å²) in [5.74, 6) is 0.663. The summed E-state index contributed by atoms with van der Waals surface area (Å²) >= 11 is 0. The van der Waals surface area contributed by atoms with Gasteiger partial charge in [0.05, 0.1) is 12.8 Å². The van der Waals surface area contributed by atoms with Crippen molar-refractivity contribution in [2.24, 2.45) is 5.92 Å². The van der Waals surface area contributed by atoms with Crippen LogP contribution in [0.25, 0.3) is 0 Å². The molecule has 0 aliphatic carbocycles. The monoisotopic (exact) mass is 355 g/mol. The maximum absolute atomic E-state index is 12.4. The maximum atomic E-state index is 12.4. The molecule has 0 unspecified atom stereocenters. The van der Waals surface area contributed by atoms with Gasteiger partial charge in [0.25, 0.3) is 0 Å². The minimum absolute atomic E-state index is 0.0984. The van der Waals surface area contributed by atoms with Gasteiger partial charge in [-0.15, -0.1) is 0 Å². The molecule has 9 heteroatoms. The average molecular weight is 355 g/mol. The largest absolute Gasteiger partial charge is 0.338 e. The summed E-state index contributed by atoms with van der Waals surface area (Å²) in [6, 6.07) is 1.76. The molecule has 0 bridgehead atoms. The number of aromatic nitrogens is 2. The number of sulfonamides is 1. The molecule has 0 N–H and O–H groups in total. The van der Waals surface area contributed by atoms with E-state index in [4.69, 9.17) is 0 Å². The first-order chi connectivity index (χ1) is 11.3. The highest BCUT2D eigenvalue weighted by molar-refractivity contribution is 7.88. The smallest absolute Gasteiger partial charge is 0.238 e. The predicted octanol–water partition coefficient (Wildman–Crippen LogP) is 0.0428. The quantitative estimate of drug-likeness (QED) is 0.716. The summed E-state index contributed by atoms with van der Waals surface area (Å²) in [6.07, 6.45) is 4.53. The Kier molecular flexibility index (Phi) is 6.11. The Hall–Kier alpha value is -1.74. The number of carbonyl (C=O) groups excluding carboxylic acids is 1. The Morgan fingerprint density at radius 2 is 1.79 bits per heavy atom. The fourth-order valence-corrected chi connectivity index (χ4v) is 3.50.